The van der Waals surface area contributed by atoms with Crippen LogP contribution in [0, 0.1) is 0 Å². The van der Waals surface area contributed by atoms with Gasteiger partial charge in [0.05, 0.1) is 5.33 Å². The van der Waals surface area contributed by atoms with Crippen LogP contribution >= 0.6 is 15.9 Å². The number of carbonyl (C=O) groups excluding carboxylic acids is 1. The molecule has 0 aromatic carbocycles. The highest BCUT2D eigenvalue weighted by molar-refractivity contribution is 9.09. The maximum Gasteiger partial charge on any atom is 0.143 e. The minimum absolute atomic E-state index is 0.235. The molecule has 5 heteroatoms. The lowest BCUT2D eigenvalue weighted by molar-refractivity contribution is -0.116. The van der Waals surface area contributed by atoms with Gasteiger partial charge in [-0.05, 0) is 18.4 Å². The molecule has 0 aliphatic carbocycles. The second-order valence-corrected chi connectivity index (χ2v) is 3.00. The second kappa shape index (κ2) is 8.56. The molecule has 0 aliphatic rings. The van der Waals surface area contributed by atoms with Crippen LogP contribution in [0.1, 0.15) is 25.7 Å². The van der Waals surface area contributed by atoms with Crippen molar-refractivity contribution >= 4 is 21.7 Å². The van der Waals surface area contributed by atoms with E-state index in [9.17, 15) is 4.79 Å². The van der Waals surface area contributed by atoms with Gasteiger partial charge in [0, 0.05) is 17.9 Å². The van der Waals surface area contributed by atoms with E-state index in [0.717, 1.165) is 19.3 Å². The summed E-state index contributed by atoms with van der Waals surface area (Å²) in [4.78, 5) is 13.4. The first kappa shape index (κ1) is 11.5. The zero-order chi connectivity index (χ0) is 9.23. The van der Waals surface area contributed by atoms with Gasteiger partial charge in [-0.3, -0.25) is 4.79 Å². The van der Waals surface area contributed by atoms with Crippen LogP contribution in [0.4, 0.5) is 0 Å². The minimum atomic E-state index is 0.235. The zero-order valence-corrected chi connectivity index (χ0v) is 8.46. The predicted molar refractivity (Wildman–Crippen MR) is 51.3 cm³/mol. The highest BCUT2D eigenvalue weighted by Crippen LogP contribution is 2.02. The van der Waals surface area contributed by atoms with Gasteiger partial charge in [0.15, 0.2) is 0 Å². The van der Waals surface area contributed by atoms with Gasteiger partial charge >= 0.3 is 0 Å². The van der Waals surface area contributed by atoms with Gasteiger partial charge < -0.3 is 0 Å². The van der Waals surface area contributed by atoms with E-state index < -0.39 is 0 Å². The summed E-state index contributed by atoms with van der Waals surface area (Å²) in [7, 11) is 0. The summed E-state index contributed by atoms with van der Waals surface area (Å²) in [6.07, 6.45) is 3.35. The van der Waals surface area contributed by atoms with Crippen molar-refractivity contribution in [1.29, 1.82) is 0 Å². The van der Waals surface area contributed by atoms with Crippen molar-refractivity contribution in [3.05, 3.63) is 10.4 Å². The lowest BCUT2D eigenvalue weighted by atomic mass is 10.1. The van der Waals surface area contributed by atoms with Crippen molar-refractivity contribution in [2.24, 2.45) is 5.11 Å². The number of carbonyl (C=O) groups is 1. The van der Waals surface area contributed by atoms with Crippen molar-refractivity contribution in [3.63, 3.8) is 0 Å². The number of alkyl halides is 1. The lowest BCUT2D eigenvalue weighted by Crippen LogP contribution is -1.97. The standard InChI is InChI=1S/C7H12BrN3O/c8-6-7(12)4-2-1-3-5-10-11-9/h1-6H2. The molecule has 0 N–H and O–H groups in total. The summed E-state index contributed by atoms with van der Waals surface area (Å²) in [6, 6.07) is 0. The molecule has 0 saturated heterocycles. The number of Topliss-reactive ketones (excluding diaryl/α,β-unsaturated/α-hetero) is 1. The van der Waals surface area contributed by atoms with E-state index >= 15 is 0 Å². The third-order valence-corrected chi connectivity index (χ3v) is 2.05. The summed E-state index contributed by atoms with van der Waals surface area (Å²) in [6.45, 7) is 0.541. The van der Waals surface area contributed by atoms with E-state index in [2.05, 4.69) is 26.0 Å². The van der Waals surface area contributed by atoms with Gasteiger partial charge in [0.2, 0.25) is 0 Å². The molecule has 12 heavy (non-hydrogen) atoms. The van der Waals surface area contributed by atoms with E-state index in [0.29, 0.717) is 18.3 Å². The van der Waals surface area contributed by atoms with Crippen molar-refractivity contribution < 1.29 is 4.79 Å². The topological polar surface area (TPSA) is 65.8 Å². The fourth-order valence-corrected chi connectivity index (χ4v) is 1.07. The molecule has 0 amide bonds. The Morgan fingerprint density at radius 1 is 1.42 bits per heavy atom. The molecule has 0 bridgehead atoms. The Morgan fingerprint density at radius 3 is 2.75 bits per heavy atom. The fraction of sp³-hybridized carbons (Fsp3) is 0.857. The van der Waals surface area contributed by atoms with Gasteiger partial charge in [-0.15, -0.1) is 0 Å². The summed E-state index contributed by atoms with van der Waals surface area (Å²) in [5.74, 6) is 0.235. The summed E-state index contributed by atoms with van der Waals surface area (Å²) in [5, 5.41) is 3.84. The Balaban J connectivity index is 3.10. The maximum atomic E-state index is 10.8. The first-order chi connectivity index (χ1) is 5.81. The molecular formula is C7H12BrN3O. The molecule has 0 atom stereocenters. The Morgan fingerprint density at radius 2 is 2.17 bits per heavy atom. The monoisotopic (exact) mass is 233 g/mol. The van der Waals surface area contributed by atoms with Crippen LogP contribution in [0.5, 0.6) is 0 Å². The second-order valence-electron chi connectivity index (χ2n) is 2.44. The zero-order valence-electron chi connectivity index (χ0n) is 6.87. The molecule has 0 unspecified atom stereocenters. The fourth-order valence-electron chi connectivity index (χ4n) is 0.793. The smallest absolute Gasteiger partial charge is 0.143 e. The average molecular weight is 234 g/mol. The molecule has 0 spiro atoms. The maximum absolute atomic E-state index is 10.8. The minimum Gasteiger partial charge on any atom is -0.299 e. The molecule has 0 heterocycles. The molecule has 68 valence electrons. The highest BCUT2D eigenvalue weighted by atomic mass is 79.9. The van der Waals surface area contributed by atoms with Gasteiger partial charge in [0.1, 0.15) is 5.78 Å². The Kier molecular flexibility index (Phi) is 8.17. The Labute approximate surface area is 80.1 Å². The number of nitrogens with zero attached hydrogens (tertiary/aromatic N) is 3. The van der Waals surface area contributed by atoms with Gasteiger partial charge in [0.25, 0.3) is 0 Å². The summed E-state index contributed by atoms with van der Waals surface area (Å²) >= 11 is 3.09. The molecule has 0 aromatic heterocycles. The van der Waals surface area contributed by atoms with Gasteiger partial charge in [-0.1, -0.05) is 27.5 Å². The molecular weight excluding hydrogens is 222 g/mol. The van der Waals surface area contributed by atoms with Crippen LogP contribution in [0.25, 0.3) is 10.4 Å². The molecule has 0 radical (unpaired) electrons. The van der Waals surface area contributed by atoms with Crippen molar-refractivity contribution in [3.8, 4) is 0 Å². The van der Waals surface area contributed by atoms with Crippen LogP contribution in [-0.4, -0.2) is 17.7 Å². The first-order valence-corrected chi connectivity index (χ1v) is 5.02. The van der Waals surface area contributed by atoms with E-state index in [1.54, 1.807) is 0 Å². The molecule has 0 fully saturated rings. The van der Waals surface area contributed by atoms with Crippen LogP contribution in [0.3, 0.4) is 0 Å². The summed E-state index contributed by atoms with van der Waals surface area (Å²) < 4.78 is 0. The largest absolute Gasteiger partial charge is 0.299 e. The van der Waals surface area contributed by atoms with Crippen LogP contribution in [0.2, 0.25) is 0 Å². The third-order valence-electron chi connectivity index (χ3n) is 1.43. The molecule has 0 saturated carbocycles. The Hall–Kier alpha value is -0.540. The number of unbranched alkanes of at least 4 members (excludes halogenated alkanes) is 2. The number of halogens is 1. The SMILES string of the molecule is [N-]=[N+]=NCCCCCC(=O)CBr. The Bertz CT molecular complexity index is 177. The van der Waals surface area contributed by atoms with Crippen LogP contribution < -0.4 is 0 Å². The molecule has 4 nitrogen and oxygen atoms in total. The quantitative estimate of drug-likeness (QED) is 0.219. The predicted octanol–water partition coefficient (Wildman–Crippen LogP) is 2.82. The first-order valence-electron chi connectivity index (χ1n) is 3.89. The number of ketones is 1. The van der Waals surface area contributed by atoms with E-state index in [1.807, 2.05) is 0 Å². The normalized spacial score (nSPS) is 9.08. The van der Waals surface area contributed by atoms with Crippen molar-refractivity contribution in [1.82, 2.24) is 0 Å². The molecule has 0 aliphatic heterocycles. The lowest BCUT2D eigenvalue weighted by Gasteiger charge is -1.95. The van der Waals surface area contributed by atoms with Crippen LogP contribution in [-0.2, 0) is 4.79 Å². The van der Waals surface area contributed by atoms with Crippen molar-refractivity contribution in [2.75, 3.05) is 11.9 Å². The number of rotatable bonds is 7. The number of azide groups is 1. The average Bonchev–Trinajstić information content (AvgIpc) is 2.10. The molecule has 0 rings (SSSR count). The van der Waals surface area contributed by atoms with Crippen LogP contribution in [0.15, 0.2) is 5.11 Å². The number of hydrogen-bond acceptors (Lipinski definition) is 2. The van der Waals surface area contributed by atoms with E-state index in [1.165, 1.54) is 0 Å². The molecule has 0 aromatic rings. The number of hydrogen-bond donors (Lipinski definition) is 0. The highest BCUT2D eigenvalue weighted by Gasteiger charge is 1.97. The van der Waals surface area contributed by atoms with E-state index in [4.69, 9.17) is 5.53 Å². The van der Waals surface area contributed by atoms with Crippen molar-refractivity contribution in [2.45, 2.75) is 25.7 Å². The summed E-state index contributed by atoms with van der Waals surface area (Å²) in [5.41, 5.74) is 7.95. The third kappa shape index (κ3) is 7.57. The van der Waals surface area contributed by atoms with E-state index in [-0.39, 0.29) is 5.78 Å². The van der Waals surface area contributed by atoms with Gasteiger partial charge in [-0.25, -0.2) is 0 Å². The van der Waals surface area contributed by atoms with Gasteiger partial charge in [-0.2, -0.15) is 0 Å².